The van der Waals surface area contributed by atoms with Crippen LogP contribution in [0, 0.1) is 22.7 Å². The molecule has 0 aromatic heterocycles. The SMILES string of the molecule is CC1(C)SCCC1C1(C#N)CC(=O)C1. The summed E-state index contributed by atoms with van der Waals surface area (Å²) in [5.74, 6) is 1.80. The summed E-state index contributed by atoms with van der Waals surface area (Å²) in [5, 5.41) is 9.24. The maximum absolute atomic E-state index is 11.1. The second-order valence-corrected chi connectivity index (χ2v) is 6.70. The Labute approximate surface area is 89.1 Å². The van der Waals surface area contributed by atoms with Gasteiger partial charge in [0.2, 0.25) is 0 Å². The fourth-order valence-corrected chi connectivity index (χ4v) is 4.31. The summed E-state index contributed by atoms with van der Waals surface area (Å²) in [4.78, 5) is 11.1. The first-order chi connectivity index (χ1) is 6.50. The van der Waals surface area contributed by atoms with Crippen LogP contribution in [0.3, 0.4) is 0 Å². The first kappa shape index (κ1) is 10.0. The quantitative estimate of drug-likeness (QED) is 0.665. The third-order valence-electron chi connectivity index (χ3n) is 3.63. The van der Waals surface area contributed by atoms with E-state index in [1.54, 1.807) is 0 Å². The van der Waals surface area contributed by atoms with Crippen LogP contribution in [0.2, 0.25) is 0 Å². The number of nitrogens with zero attached hydrogens (tertiary/aromatic N) is 1. The molecular formula is C11H15NOS. The van der Waals surface area contributed by atoms with Gasteiger partial charge >= 0.3 is 0 Å². The molecule has 0 radical (unpaired) electrons. The lowest BCUT2D eigenvalue weighted by atomic mass is 9.57. The van der Waals surface area contributed by atoms with E-state index in [0.29, 0.717) is 18.8 Å². The highest BCUT2D eigenvalue weighted by Crippen LogP contribution is 2.57. The molecule has 1 atom stereocenters. The zero-order chi connectivity index (χ0) is 10.4. The monoisotopic (exact) mass is 209 g/mol. The highest BCUT2D eigenvalue weighted by Gasteiger charge is 2.56. The van der Waals surface area contributed by atoms with Gasteiger partial charge in [-0.3, -0.25) is 4.79 Å². The zero-order valence-electron chi connectivity index (χ0n) is 8.67. The van der Waals surface area contributed by atoms with Crippen molar-refractivity contribution in [3.8, 4) is 6.07 Å². The van der Waals surface area contributed by atoms with Gasteiger partial charge in [0.05, 0.1) is 11.5 Å². The molecule has 1 unspecified atom stereocenters. The molecule has 0 spiro atoms. The van der Waals surface area contributed by atoms with E-state index >= 15 is 0 Å². The first-order valence-corrected chi connectivity index (χ1v) is 6.06. The van der Waals surface area contributed by atoms with E-state index in [1.165, 1.54) is 0 Å². The summed E-state index contributed by atoms with van der Waals surface area (Å²) in [6.45, 7) is 4.41. The van der Waals surface area contributed by atoms with Crippen molar-refractivity contribution in [3.05, 3.63) is 0 Å². The van der Waals surface area contributed by atoms with Gasteiger partial charge in [0.25, 0.3) is 0 Å². The van der Waals surface area contributed by atoms with Crippen molar-refractivity contribution in [2.45, 2.75) is 37.9 Å². The summed E-state index contributed by atoms with van der Waals surface area (Å²) in [7, 11) is 0. The first-order valence-electron chi connectivity index (χ1n) is 5.07. The molecule has 76 valence electrons. The van der Waals surface area contributed by atoms with Crippen LogP contribution in [0.25, 0.3) is 0 Å². The van der Waals surface area contributed by atoms with E-state index < -0.39 is 0 Å². The van der Waals surface area contributed by atoms with Gasteiger partial charge in [-0.25, -0.2) is 0 Å². The highest BCUT2D eigenvalue weighted by molar-refractivity contribution is 8.00. The number of carbonyl (C=O) groups excluding carboxylic acids is 1. The lowest BCUT2D eigenvalue weighted by molar-refractivity contribution is -0.132. The van der Waals surface area contributed by atoms with E-state index in [2.05, 4.69) is 19.9 Å². The second-order valence-electron chi connectivity index (χ2n) is 4.95. The molecule has 2 aliphatic rings. The summed E-state index contributed by atoms with van der Waals surface area (Å²) >= 11 is 1.94. The number of hydrogen-bond acceptors (Lipinski definition) is 3. The molecule has 3 heteroatoms. The molecule has 0 aromatic carbocycles. The minimum atomic E-state index is -0.315. The van der Waals surface area contributed by atoms with Gasteiger partial charge in [-0.2, -0.15) is 17.0 Å². The standard InChI is InChI=1S/C11H15NOS/c1-10(2)9(3-4-14-10)11(7-12)5-8(13)6-11/h9H,3-6H2,1-2H3. The van der Waals surface area contributed by atoms with Crippen LogP contribution in [0.1, 0.15) is 33.1 Å². The number of rotatable bonds is 1. The molecule has 14 heavy (non-hydrogen) atoms. The number of carbonyl (C=O) groups is 1. The maximum Gasteiger partial charge on any atom is 0.136 e. The van der Waals surface area contributed by atoms with Crippen molar-refractivity contribution >= 4 is 17.5 Å². The minimum Gasteiger partial charge on any atom is -0.300 e. The van der Waals surface area contributed by atoms with Crippen molar-refractivity contribution in [2.75, 3.05) is 5.75 Å². The summed E-state index contributed by atoms with van der Waals surface area (Å²) in [6, 6.07) is 2.41. The lowest BCUT2D eigenvalue weighted by Gasteiger charge is -2.44. The molecule has 1 aliphatic heterocycles. The van der Waals surface area contributed by atoms with Crippen LogP contribution in [0.4, 0.5) is 0 Å². The van der Waals surface area contributed by atoms with Gasteiger partial charge in [0.1, 0.15) is 5.78 Å². The fourth-order valence-electron chi connectivity index (χ4n) is 2.88. The molecular weight excluding hydrogens is 194 g/mol. The van der Waals surface area contributed by atoms with Gasteiger partial charge in [-0.05, 0) is 18.1 Å². The second kappa shape index (κ2) is 3.00. The van der Waals surface area contributed by atoms with Gasteiger partial charge in [-0.1, -0.05) is 13.8 Å². The topological polar surface area (TPSA) is 40.9 Å². The molecule has 1 heterocycles. The largest absolute Gasteiger partial charge is 0.300 e. The van der Waals surface area contributed by atoms with Crippen LogP contribution in [-0.2, 0) is 4.79 Å². The Bertz CT molecular complexity index is 308. The lowest BCUT2D eigenvalue weighted by Crippen LogP contribution is -2.47. The van der Waals surface area contributed by atoms with E-state index in [-0.39, 0.29) is 15.9 Å². The zero-order valence-corrected chi connectivity index (χ0v) is 9.49. The minimum absolute atomic E-state index is 0.177. The predicted octanol–water partition coefficient (Wildman–Crippen LogP) is 2.39. The maximum atomic E-state index is 11.1. The normalized spacial score (nSPS) is 33.5. The van der Waals surface area contributed by atoms with E-state index in [4.69, 9.17) is 0 Å². The van der Waals surface area contributed by atoms with Crippen LogP contribution in [-0.4, -0.2) is 16.3 Å². The molecule has 2 rings (SSSR count). The Balaban J connectivity index is 2.22. The molecule has 2 nitrogen and oxygen atoms in total. The summed E-state index contributed by atoms with van der Waals surface area (Å²) in [5.41, 5.74) is -0.315. The number of hydrogen-bond donors (Lipinski definition) is 0. The number of nitriles is 1. The van der Waals surface area contributed by atoms with Crippen molar-refractivity contribution in [1.82, 2.24) is 0 Å². The Morgan fingerprint density at radius 1 is 1.50 bits per heavy atom. The van der Waals surface area contributed by atoms with Gasteiger partial charge in [0.15, 0.2) is 0 Å². The molecule has 1 aliphatic carbocycles. The summed E-state index contributed by atoms with van der Waals surface area (Å²) < 4.78 is 0.177. The summed E-state index contributed by atoms with van der Waals surface area (Å²) in [6.07, 6.45) is 2.09. The Hall–Kier alpha value is -0.490. The van der Waals surface area contributed by atoms with Crippen LogP contribution in [0.15, 0.2) is 0 Å². The van der Waals surface area contributed by atoms with Crippen molar-refractivity contribution in [1.29, 1.82) is 5.26 Å². The van der Waals surface area contributed by atoms with Crippen LogP contribution in [0.5, 0.6) is 0 Å². The van der Waals surface area contributed by atoms with Gasteiger partial charge in [0, 0.05) is 17.6 Å². The molecule has 1 saturated heterocycles. The number of Topliss-reactive ketones (excluding diaryl/α,β-unsaturated/α-hetero) is 1. The molecule has 0 bridgehead atoms. The highest BCUT2D eigenvalue weighted by atomic mass is 32.2. The van der Waals surface area contributed by atoms with E-state index in [1.807, 2.05) is 11.8 Å². The number of ketones is 1. The molecule has 0 N–H and O–H groups in total. The van der Waals surface area contributed by atoms with Crippen molar-refractivity contribution in [2.24, 2.45) is 11.3 Å². The Morgan fingerprint density at radius 2 is 2.14 bits per heavy atom. The fraction of sp³-hybridized carbons (Fsp3) is 0.818. The average Bonchev–Trinajstić information content (AvgIpc) is 2.40. The molecule has 1 saturated carbocycles. The van der Waals surface area contributed by atoms with Crippen LogP contribution >= 0.6 is 11.8 Å². The smallest absolute Gasteiger partial charge is 0.136 e. The third-order valence-corrected chi connectivity index (χ3v) is 5.10. The average molecular weight is 209 g/mol. The molecule has 2 fully saturated rings. The molecule has 0 amide bonds. The van der Waals surface area contributed by atoms with E-state index in [9.17, 15) is 10.1 Å². The van der Waals surface area contributed by atoms with Gasteiger partial charge < -0.3 is 0 Å². The van der Waals surface area contributed by atoms with Crippen molar-refractivity contribution < 1.29 is 4.79 Å². The third kappa shape index (κ3) is 1.28. The van der Waals surface area contributed by atoms with E-state index in [0.717, 1.165) is 12.2 Å². The molecule has 0 aromatic rings. The predicted molar refractivity (Wildman–Crippen MR) is 56.9 cm³/mol. The van der Waals surface area contributed by atoms with Crippen molar-refractivity contribution in [3.63, 3.8) is 0 Å². The Morgan fingerprint density at radius 3 is 2.50 bits per heavy atom. The van der Waals surface area contributed by atoms with Crippen LogP contribution < -0.4 is 0 Å². The Kier molecular flexibility index (Phi) is 2.15. The van der Waals surface area contributed by atoms with Gasteiger partial charge in [-0.15, -0.1) is 0 Å². The number of thioether (sulfide) groups is 1.